The zero-order valence-corrected chi connectivity index (χ0v) is 13.8. The molecule has 0 aliphatic heterocycles. The van der Waals surface area contributed by atoms with E-state index in [1.807, 2.05) is 0 Å². The Morgan fingerprint density at radius 1 is 0.542 bits per heavy atom. The number of benzene rings is 2. The summed E-state index contributed by atoms with van der Waals surface area (Å²) in [7, 11) is 0. The highest BCUT2D eigenvalue weighted by atomic mass is 14.3. The van der Waals surface area contributed by atoms with Crippen molar-refractivity contribution in [2.45, 2.75) is 24.7 Å². The van der Waals surface area contributed by atoms with Gasteiger partial charge in [0.15, 0.2) is 0 Å². The number of hydrogen-bond acceptors (Lipinski definition) is 0. The fourth-order valence-corrected chi connectivity index (χ4v) is 3.89. The first-order valence-electron chi connectivity index (χ1n) is 8.76. The minimum absolute atomic E-state index is 0.362. The highest BCUT2D eigenvalue weighted by Gasteiger charge is 2.30. The van der Waals surface area contributed by atoms with Crippen LogP contribution in [0.5, 0.6) is 0 Å². The predicted molar refractivity (Wildman–Crippen MR) is 102 cm³/mol. The van der Waals surface area contributed by atoms with Gasteiger partial charge in [-0.25, -0.2) is 0 Å². The van der Waals surface area contributed by atoms with Gasteiger partial charge in [0.2, 0.25) is 0 Å². The second kappa shape index (κ2) is 6.88. The van der Waals surface area contributed by atoms with Gasteiger partial charge in [-0.05, 0) is 35.1 Å². The lowest BCUT2D eigenvalue weighted by Crippen LogP contribution is -2.14. The first-order valence-corrected chi connectivity index (χ1v) is 8.76. The Morgan fingerprint density at radius 2 is 0.958 bits per heavy atom. The van der Waals surface area contributed by atoms with Crippen molar-refractivity contribution in [2.75, 3.05) is 0 Å². The fraction of sp³-hybridized carbons (Fsp3) is 0.167. The van der Waals surface area contributed by atoms with Crippen LogP contribution >= 0.6 is 0 Å². The standard InChI is InChI=1S/C24H22/c1-3-11-19(12-4-1)23(21-15-7-8-16-21)24(22-17-9-10-18-22)20-13-5-2-6-14-20/h1-7,9,11-18,23-24H,8,10H2/t23-,24-/m1/s1. The minimum atomic E-state index is 0.362. The summed E-state index contributed by atoms with van der Waals surface area (Å²) in [5.41, 5.74) is 5.67. The van der Waals surface area contributed by atoms with Gasteiger partial charge in [0, 0.05) is 11.8 Å². The third-order valence-corrected chi connectivity index (χ3v) is 4.97. The Kier molecular flexibility index (Phi) is 4.29. The summed E-state index contributed by atoms with van der Waals surface area (Å²) in [5.74, 6) is 0.725. The molecule has 0 nitrogen and oxygen atoms in total. The van der Waals surface area contributed by atoms with Crippen LogP contribution in [-0.4, -0.2) is 0 Å². The molecule has 0 spiro atoms. The Bertz CT molecular complexity index is 732. The van der Waals surface area contributed by atoms with E-state index in [9.17, 15) is 0 Å². The normalized spacial score (nSPS) is 18.3. The SMILES string of the molecule is C1=CC([C@@H](c2ccccc2)[C@@H](C2=CCC=C2)c2ccccc2)=CC1. The van der Waals surface area contributed by atoms with E-state index < -0.39 is 0 Å². The molecule has 0 heterocycles. The van der Waals surface area contributed by atoms with Gasteiger partial charge in [-0.1, -0.05) is 97.1 Å². The molecule has 0 heteroatoms. The van der Waals surface area contributed by atoms with Crippen LogP contribution in [0.3, 0.4) is 0 Å². The molecule has 0 amide bonds. The maximum Gasteiger partial charge on any atom is 0.0195 e. The Morgan fingerprint density at radius 3 is 1.29 bits per heavy atom. The summed E-state index contributed by atoms with van der Waals surface area (Å²) in [5, 5.41) is 0. The lowest BCUT2D eigenvalue weighted by molar-refractivity contribution is 0.693. The van der Waals surface area contributed by atoms with Gasteiger partial charge >= 0.3 is 0 Å². The van der Waals surface area contributed by atoms with Gasteiger partial charge < -0.3 is 0 Å². The third-order valence-electron chi connectivity index (χ3n) is 4.97. The highest BCUT2D eigenvalue weighted by molar-refractivity contribution is 5.49. The van der Waals surface area contributed by atoms with Crippen molar-refractivity contribution in [1.82, 2.24) is 0 Å². The summed E-state index contributed by atoms with van der Waals surface area (Å²) in [6.45, 7) is 0. The van der Waals surface area contributed by atoms with Crippen LogP contribution in [0, 0.1) is 0 Å². The molecule has 0 N–H and O–H groups in total. The maximum atomic E-state index is 2.38. The van der Waals surface area contributed by atoms with Crippen LogP contribution in [0.1, 0.15) is 35.8 Å². The molecule has 0 saturated carbocycles. The zero-order valence-electron chi connectivity index (χ0n) is 13.8. The van der Waals surface area contributed by atoms with E-state index in [1.54, 1.807) is 0 Å². The van der Waals surface area contributed by atoms with Crippen molar-refractivity contribution in [3.63, 3.8) is 0 Å². The quantitative estimate of drug-likeness (QED) is 0.605. The summed E-state index contributed by atoms with van der Waals surface area (Å²) >= 11 is 0. The van der Waals surface area contributed by atoms with Gasteiger partial charge in [0.1, 0.15) is 0 Å². The molecule has 2 aromatic rings. The van der Waals surface area contributed by atoms with Crippen molar-refractivity contribution < 1.29 is 0 Å². The molecule has 0 unspecified atom stereocenters. The lowest BCUT2D eigenvalue weighted by Gasteiger charge is -2.30. The van der Waals surface area contributed by atoms with Gasteiger partial charge in [-0.15, -0.1) is 0 Å². The Balaban J connectivity index is 1.86. The summed E-state index contributed by atoms with van der Waals surface area (Å²) in [4.78, 5) is 0. The topological polar surface area (TPSA) is 0 Å². The molecule has 24 heavy (non-hydrogen) atoms. The van der Waals surface area contributed by atoms with E-state index in [2.05, 4.69) is 97.1 Å². The average Bonchev–Trinajstić information content (AvgIpc) is 3.35. The summed E-state index contributed by atoms with van der Waals surface area (Å²) < 4.78 is 0. The van der Waals surface area contributed by atoms with Crippen molar-refractivity contribution in [3.05, 3.63) is 119 Å². The molecule has 2 aliphatic carbocycles. The molecule has 2 aliphatic rings. The van der Waals surface area contributed by atoms with E-state index in [0.29, 0.717) is 11.8 Å². The van der Waals surface area contributed by atoms with E-state index >= 15 is 0 Å². The monoisotopic (exact) mass is 310 g/mol. The first kappa shape index (κ1) is 15.0. The van der Waals surface area contributed by atoms with Crippen molar-refractivity contribution in [3.8, 4) is 0 Å². The predicted octanol–water partition coefficient (Wildman–Crippen LogP) is 6.33. The van der Waals surface area contributed by atoms with Crippen LogP contribution in [0.2, 0.25) is 0 Å². The molecule has 4 rings (SSSR count). The van der Waals surface area contributed by atoms with Crippen LogP contribution < -0.4 is 0 Å². The van der Waals surface area contributed by atoms with Gasteiger partial charge in [-0.3, -0.25) is 0 Å². The van der Waals surface area contributed by atoms with E-state index in [4.69, 9.17) is 0 Å². The fourth-order valence-electron chi connectivity index (χ4n) is 3.89. The van der Waals surface area contributed by atoms with Crippen LogP contribution in [0.4, 0.5) is 0 Å². The molecule has 0 radical (unpaired) electrons. The largest absolute Gasteiger partial charge is 0.0804 e. The molecular formula is C24H22. The third kappa shape index (κ3) is 2.92. The molecule has 0 aromatic heterocycles. The first-order chi connectivity index (χ1) is 11.9. The van der Waals surface area contributed by atoms with Crippen molar-refractivity contribution in [1.29, 1.82) is 0 Å². The molecule has 0 bridgehead atoms. The maximum absolute atomic E-state index is 2.38. The lowest BCUT2D eigenvalue weighted by atomic mass is 9.73. The molecule has 118 valence electrons. The number of rotatable bonds is 5. The Labute approximate surface area is 144 Å². The molecule has 2 atom stereocenters. The minimum Gasteiger partial charge on any atom is -0.0804 e. The van der Waals surface area contributed by atoms with E-state index in [-0.39, 0.29) is 0 Å². The number of allylic oxidation sites excluding steroid dienone is 8. The van der Waals surface area contributed by atoms with Crippen molar-refractivity contribution in [2.24, 2.45) is 0 Å². The second-order valence-corrected chi connectivity index (χ2v) is 6.46. The van der Waals surface area contributed by atoms with Crippen LogP contribution in [0.25, 0.3) is 0 Å². The second-order valence-electron chi connectivity index (χ2n) is 6.46. The summed E-state index contributed by atoms with van der Waals surface area (Å²) in [6.07, 6.45) is 16.0. The van der Waals surface area contributed by atoms with Crippen LogP contribution in [-0.2, 0) is 0 Å². The van der Waals surface area contributed by atoms with Gasteiger partial charge in [0.05, 0.1) is 0 Å². The molecule has 2 aromatic carbocycles. The summed E-state index contributed by atoms with van der Waals surface area (Å²) in [6, 6.07) is 21.9. The van der Waals surface area contributed by atoms with Crippen molar-refractivity contribution >= 4 is 0 Å². The van der Waals surface area contributed by atoms with Gasteiger partial charge in [-0.2, -0.15) is 0 Å². The Hall–Kier alpha value is -2.60. The molecule has 0 saturated heterocycles. The number of hydrogen-bond donors (Lipinski definition) is 0. The molecular weight excluding hydrogens is 288 g/mol. The molecule has 0 fully saturated rings. The zero-order chi connectivity index (χ0) is 16.2. The van der Waals surface area contributed by atoms with Gasteiger partial charge in [0.25, 0.3) is 0 Å². The van der Waals surface area contributed by atoms with E-state index in [0.717, 1.165) is 12.8 Å². The smallest absolute Gasteiger partial charge is 0.0195 e. The van der Waals surface area contributed by atoms with E-state index in [1.165, 1.54) is 22.3 Å². The average molecular weight is 310 g/mol. The van der Waals surface area contributed by atoms with Crippen LogP contribution in [0.15, 0.2) is 108 Å². The highest BCUT2D eigenvalue weighted by Crippen LogP contribution is 2.45.